The molecule has 0 aromatic heterocycles. The highest BCUT2D eigenvalue weighted by Gasteiger charge is 2.01. The van der Waals surface area contributed by atoms with Gasteiger partial charge in [-0.25, -0.2) is 0 Å². The Hall–Kier alpha value is -0.660. The van der Waals surface area contributed by atoms with E-state index in [1.165, 1.54) is 5.82 Å². The van der Waals surface area contributed by atoms with Crippen molar-refractivity contribution in [3.05, 3.63) is 11.9 Å². The summed E-state index contributed by atoms with van der Waals surface area (Å²) < 4.78 is 0. The molecule has 0 rings (SSSR count). The maximum absolute atomic E-state index is 2.25. The van der Waals surface area contributed by atoms with E-state index in [1.807, 2.05) is 0 Å². The van der Waals surface area contributed by atoms with Gasteiger partial charge >= 0.3 is 0 Å². The Balaban J connectivity index is 4.33. The lowest BCUT2D eigenvalue weighted by Crippen LogP contribution is -2.25. The molecule has 0 N–H and O–H groups in total. The Morgan fingerprint density at radius 1 is 1.00 bits per heavy atom. The van der Waals surface area contributed by atoms with Crippen molar-refractivity contribution < 1.29 is 0 Å². The SMILES string of the molecule is CC(C)C=C(N(C)C)N(C)C. The maximum atomic E-state index is 2.25. The first kappa shape index (κ1) is 10.3. The van der Waals surface area contributed by atoms with E-state index in [-0.39, 0.29) is 0 Å². The Labute approximate surface area is 70.5 Å². The molecule has 0 aliphatic rings. The topological polar surface area (TPSA) is 6.48 Å². The van der Waals surface area contributed by atoms with E-state index in [1.54, 1.807) is 0 Å². The molecule has 0 radical (unpaired) electrons. The molecule has 0 spiro atoms. The molecular formula is C9H20N2. The van der Waals surface area contributed by atoms with E-state index in [0.717, 1.165) is 0 Å². The number of hydrogen-bond donors (Lipinski definition) is 0. The molecule has 66 valence electrons. The second-order valence-electron chi connectivity index (χ2n) is 3.56. The summed E-state index contributed by atoms with van der Waals surface area (Å²) in [5.74, 6) is 1.87. The van der Waals surface area contributed by atoms with Crippen molar-refractivity contribution in [3.8, 4) is 0 Å². The second-order valence-corrected chi connectivity index (χ2v) is 3.56. The van der Waals surface area contributed by atoms with Crippen molar-refractivity contribution >= 4 is 0 Å². The summed E-state index contributed by atoms with van der Waals surface area (Å²) in [6, 6.07) is 0. The van der Waals surface area contributed by atoms with E-state index in [0.29, 0.717) is 5.92 Å². The van der Waals surface area contributed by atoms with Gasteiger partial charge in [0.15, 0.2) is 0 Å². The van der Waals surface area contributed by atoms with Crippen LogP contribution in [0, 0.1) is 5.92 Å². The molecule has 0 saturated heterocycles. The molecule has 2 heteroatoms. The lowest BCUT2D eigenvalue weighted by Gasteiger charge is -2.25. The van der Waals surface area contributed by atoms with Gasteiger partial charge in [0.25, 0.3) is 0 Å². The van der Waals surface area contributed by atoms with Crippen LogP contribution in [0.1, 0.15) is 13.8 Å². The van der Waals surface area contributed by atoms with Crippen LogP contribution in [0.25, 0.3) is 0 Å². The zero-order chi connectivity index (χ0) is 9.02. The Bertz CT molecular complexity index is 124. The van der Waals surface area contributed by atoms with Gasteiger partial charge in [0, 0.05) is 28.2 Å². The Morgan fingerprint density at radius 3 is 1.45 bits per heavy atom. The van der Waals surface area contributed by atoms with Gasteiger partial charge in [-0.05, 0) is 12.0 Å². The fraction of sp³-hybridized carbons (Fsp3) is 0.778. The van der Waals surface area contributed by atoms with Crippen LogP contribution in [-0.2, 0) is 0 Å². The van der Waals surface area contributed by atoms with Crippen LogP contribution < -0.4 is 0 Å². The first-order chi connectivity index (χ1) is 4.95. The van der Waals surface area contributed by atoms with E-state index < -0.39 is 0 Å². The van der Waals surface area contributed by atoms with Crippen molar-refractivity contribution in [3.63, 3.8) is 0 Å². The molecular weight excluding hydrogens is 136 g/mol. The molecule has 11 heavy (non-hydrogen) atoms. The third kappa shape index (κ3) is 3.91. The van der Waals surface area contributed by atoms with Crippen LogP contribution in [0.5, 0.6) is 0 Å². The summed E-state index contributed by atoms with van der Waals surface area (Å²) >= 11 is 0. The van der Waals surface area contributed by atoms with Crippen LogP contribution in [-0.4, -0.2) is 38.0 Å². The van der Waals surface area contributed by atoms with Gasteiger partial charge in [0.05, 0.1) is 5.82 Å². The number of rotatable bonds is 3. The molecule has 0 aliphatic heterocycles. The maximum Gasteiger partial charge on any atom is 0.0990 e. The first-order valence-corrected chi connectivity index (χ1v) is 4.01. The smallest absolute Gasteiger partial charge is 0.0990 e. The quantitative estimate of drug-likeness (QED) is 0.612. The van der Waals surface area contributed by atoms with Gasteiger partial charge in [-0.2, -0.15) is 0 Å². The van der Waals surface area contributed by atoms with Crippen molar-refractivity contribution in [2.75, 3.05) is 28.2 Å². The Morgan fingerprint density at radius 2 is 1.36 bits per heavy atom. The minimum Gasteiger partial charge on any atom is -0.365 e. The predicted molar refractivity (Wildman–Crippen MR) is 50.3 cm³/mol. The average Bonchev–Trinajstić information content (AvgIpc) is 1.81. The minimum absolute atomic E-state index is 0.606. The lowest BCUT2D eigenvalue weighted by molar-refractivity contribution is 0.337. The van der Waals surface area contributed by atoms with E-state index in [2.05, 4.69) is 57.9 Å². The number of nitrogens with zero attached hydrogens (tertiary/aromatic N) is 2. The van der Waals surface area contributed by atoms with E-state index in [4.69, 9.17) is 0 Å². The molecule has 0 aromatic rings. The summed E-state index contributed by atoms with van der Waals surface area (Å²) in [5, 5.41) is 0. The fourth-order valence-electron chi connectivity index (χ4n) is 0.996. The van der Waals surface area contributed by atoms with E-state index >= 15 is 0 Å². The number of hydrogen-bond acceptors (Lipinski definition) is 2. The molecule has 0 bridgehead atoms. The highest BCUT2D eigenvalue weighted by Crippen LogP contribution is 2.06. The molecule has 0 unspecified atom stereocenters. The van der Waals surface area contributed by atoms with Gasteiger partial charge in [-0.15, -0.1) is 0 Å². The molecule has 0 saturated carbocycles. The minimum atomic E-state index is 0.606. The third-order valence-electron chi connectivity index (χ3n) is 1.40. The molecule has 0 aliphatic carbocycles. The Kier molecular flexibility index (Phi) is 4.01. The largest absolute Gasteiger partial charge is 0.365 e. The van der Waals surface area contributed by atoms with Crippen molar-refractivity contribution in [2.24, 2.45) is 5.92 Å². The molecule has 0 heterocycles. The standard InChI is InChI=1S/C9H20N2/c1-8(2)7-9(10(3)4)11(5)6/h7-8H,1-6H3. The zero-order valence-corrected chi connectivity index (χ0v) is 8.55. The van der Waals surface area contributed by atoms with Gasteiger partial charge in [-0.1, -0.05) is 13.8 Å². The summed E-state index contributed by atoms with van der Waals surface area (Å²) in [6.45, 7) is 4.38. The molecule has 0 fully saturated rings. The van der Waals surface area contributed by atoms with E-state index in [9.17, 15) is 0 Å². The highest BCUT2D eigenvalue weighted by atomic mass is 15.3. The third-order valence-corrected chi connectivity index (χ3v) is 1.40. The summed E-state index contributed by atoms with van der Waals surface area (Å²) in [7, 11) is 8.25. The van der Waals surface area contributed by atoms with Crippen molar-refractivity contribution in [1.82, 2.24) is 9.80 Å². The molecule has 0 amide bonds. The first-order valence-electron chi connectivity index (χ1n) is 4.01. The van der Waals surface area contributed by atoms with Gasteiger partial charge < -0.3 is 9.80 Å². The predicted octanol–water partition coefficient (Wildman–Crippen LogP) is 1.61. The zero-order valence-electron chi connectivity index (χ0n) is 8.55. The van der Waals surface area contributed by atoms with Crippen LogP contribution >= 0.6 is 0 Å². The molecule has 0 aromatic carbocycles. The highest BCUT2D eigenvalue weighted by molar-refractivity contribution is 4.98. The summed E-state index contributed by atoms with van der Waals surface area (Å²) in [6.07, 6.45) is 2.25. The monoisotopic (exact) mass is 156 g/mol. The summed E-state index contributed by atoms with van der Waals surface area (Å²) in [5.41, 5.74) is 0. The van der Waals surface area contributed by atoms with Crippen LogP contribution in [0.3, 0.4) is 0 Å². The van der Waals surface area contributed by atoms with Crippen molar-refractivity contribution in [1.29, 1.82) is 0 Å². The van der Waals surface area contributed by atoms with Gasteiger partial charge in [0.1, 0.15) is 0 Å². The van der Waals surface area contributed by atoms with Crippen molar-refractivity contribution in [2.45, 2.75) is 13.8 Å². The number of allylic oxidation sites excluding steroid dienone is 1. The average molecular weight is 156 g/mol. The van der Waals surface area contributed by atoms with Gasteiger partial charge in [0.2, 0.25) is 0 Å². The lowest BCUT2D eigenvalue weighted by atomic mass is 10.2. The summed E-state index contributed by atoms with van der Waals surface area (Å²) in [4.78, 5) is 4.25. The van der Waals surface area contributed by atoms with Crippen LogP contribution in [0.15, 0.2) is 11.9 Å². The second kappa shape index (κ2) is 4.27. The van der Waals surface area contributed by atoms with Crippen LogP contribution in [0.2, 0.25) is 0 Å². The normalized spacial score (nSPS) is 9.73. The van der Waals surface area contributed by atoms with Gasteiger partial charge in [-0.3, -0.25) is 0 Å². The molecule has 0 atom stereocenters. The molecule has 2 nitrogen and oxygen atoms in total. The van der Waals surface area contributed by atoms with Crippen LogP contribution in [0.4, 0.5) is 0 Å². The fourth-order valence-corrected chi connectivity index (χ4v) is 0.996.